The molecule has 0 unspecified atom stereocenters. The van der Waals surface area contributed by atoms with Gasteiger partial charge in [-0.3, -0.25) is 4.79 Å². The van der Waals surface area contributed by atoms with Gasteiger partial charge in [0.15, 0.2) is 0 Å². The van der Waals surface area contributed by atoms with Gasteiger partial charge in [-0.25, -0.2) is 0 Å². The number of aryl methyl sites for hydroxylation is 1. The number of halogens is 1. The van der Waals surface area contributed by atoms with E-state index >= 15 is 0 Å². The number of carbonyl (C=O) groups is 1. The molecule has 82 valence electrons. The van der Waals surface area contributed by atoms with Crippen LogP contribution in [0.4, 0.5) is 0 Å². The number of benzene rings is 1. The molecule has 0 bridgehead atoms. The lowest BCUT2D eigenvalue weighted by Crippen LogP contribution is -2.32. The summed E-state index contributed by atoms with van der Waals surface area (Å²) >= 11 is 3.36. The van der Waals surface area contributed by atoms with Crippen molar-refractivity contribution < 1.29 is 4.79 Å². The van der Waals surface area contributed by atoms with E-state index in [2.05, 4.69) is 15.9 Å². The zero-order valence-electron chi connectivity index (χ0n) is 8.96. The Bertz CT molecular complexity index is 366. The molecule has 0 radical (unpaired) electrons. The standard InChI is InChI=1S/C11H15BrN2O/c1-8-3-4-9(12)7-10(8)11(15)14(2)6-5-13/h3-4,7H,5-6,13H2,1-2H3. The SMILES string of the molecule is Cc1ccc(Br)cc1C(=O)N(C)CCN. The van der Waals surface area contributed by atoms with Crippen LogP contribution in [0.5, 0.6) is 0 Å². The van der Waals surface area contributed by atoms with E-state index in [0.29, 0.717) is 13.1 Å². The number of rotatable bonds is 3. The van der Waals surface area contributed by atoms with E-state index in [1.807, 2.05) is 25.1 Å². The maximum atomic E-state index is 12.0. The highest BCUT2D eigenvalue weighted by Crippen LogP contribution is 2.17. The fourth-order valence-corrected chi connectivity index (χ4v) is 1.69. The molecule has 1 amide bonds. The molecule has 0 aliphatic rings. The van der Waals surface area contributed by atoms with Gasteiger partial charge in [-0.05, 0) is 24.6 Å². The molecular formula is C11H15BrN2O. The van der Waals surface area contributed by atoms with E-state index in [9.17, 15) is 4.79 Å². The van der Waals surface area contributed by atoms with Crippen LogP contribution in [0.15, 0.2) is 22.7 Å². The topological polar surface area (TPSA) is 46.3 Å². The summed E-state index contributed by atoms with van der Waals surface area (Å²) in [4.78, 5) is 13.6. The van der Waals surface area contributed by atoms with Crippen LogP contribution in [0.2, 0.25) is 0 Å². The smallest absolute Gasteiger partial charge is 0.253 e. The van der Waals surface area contributed by atoms with Crippen LogP contribution < -0.4 is 5.73 Å². The molecule has 1 rings (SSSR count). The van der Waals surface area contributed by atoms with Gasteiger partial charge < -0.3 is 10.6 Å². The minimum Gasteiger partial charge on any atom is -0.340 e. The number of likely N-dealkylation sites (N-methyl/N-ethyl adjacent to an activating group) is 1. The van der Waals surface area contributed by atoms with Gasteiger partial charge in [0.2, 0.25) is 0 Å². The molecule has 0 atom stereocenters. The second-order valence-corrected chi connectivity index (χ2v) is 4.39. The summed E-state index contributed by atoms with van der Waals surface area (Å²) in [6.07, 6.45) is 0. The van der Waals surface area contributed by atoms with Gasteiger partial charge in [-0.2, -0.15) is 0 Å². The number of nitrogens with two attached hydrogens (primary N) is 1. The first-order chi connectivity index (χ1) is 7.06. The zero-order chi connectivity index (χ0) is 11.4. The van der Waals surface area contributed by atoms with Gasteiger partial charge in [0.25, 0.3) is 5.91 Å². The number of amides is 1. The Morgan fingerprint density at radius 3 is 2.80 bits per heavy atom. The van der Waals surface area contributed by atoms with Crippen molar-refractivity contribution in [3.63, 3.8) is 0 Å². The summed E-state index contributed by atoms with van der Waals surface area (Å²) in [5.41, 5.74) is 7.11. The summed E-state index contributed by atoms with van der Waals surface area (Å²) in [6, 6.07) is 5.69. The molecule has 2 N–H and O–H groups in total. The molecule has 0 aliphatic heterocycles. The first-order valence-electron chi connectivity index (χ1n) is 4.78. The van der Waals surface area contributed by atoms with Crippen molar-refractivity contribution in [3.05, 3.63) is 33.8 Å². The minimum absolute atomic E-state index is 0.0132. The molecule has 0 aliphatic carbocycles. The lowest BCUT2D eigenvalue weighted by molar-refractivity contribution is 0.0798. The van der Waals surface area contributed by atoms with Gasteiger partial charge in [0, 0.05) is 30.2 Å². The molecule has 0 fully saturated rings. The lowest BCUT2D eigenvalue weighted by Gasteiger charge is -2.17. The van der Waals surface area contributed by atoms with Crippen LogP contribution in [-0.2, 0) is 0 Å². The van der Waals surface area contributed by atoms with Crippen molar-refractivity contribution >= 4 is 21.8 Å². The third kappa shape index (κ3) is 3.04. The summed E-state index contributed by atoms with van der Waals surface area (Å²) in [6.45, 7) is 2.98. The average Bonchev–Trinajstić information content (AvgIpc) is 2.21. The highest BCUT2D eigenvalue weighted by Gasteiger charge is 2.13. The van der Waals surface area contributed by atoms with E-state index in [4.69, 9.17) is 5.73 Å². The highest BCUT2D eigenvalue weighted by molar-refractivity contribution is 9.10. The van der Waals surface area contributed by atoms with Gasteiger partial charge >= 0.3 is 0 Å². The predicted molar refractivity (Wildman–Crippen MR) is 64.9 cm³/mol. The largest absolute Gasteiger partial charge is 0.340 e. The predicted octanol–water partition coefficient (Wildman–Crippen LogP) is 1.79. The third-order valence-electron chi connectivity index (χ3n) is 2.24. The molecule has 1 aromatic carbocycles. The van der Waals surface area contributed by atoms with Crippen LogP contribution in [0.3, 0.4) is 0 Å². The first kappa shape index (κ1) is 12.2. The van der Waals surface area contributed by atoms with E-state index in [1.165, 1.54) is 0 Å². The third-order valence-corrected chi connectivity index (χ3v) is 2.73. The molecule has 0 saturated carbocycles. The van der Waals surface area contributed by atoms with Crippen LogP contribution >= 0.6 is 15.9 Å². The second kappa shape index (κ2) is 5.28. The van der Waals surface area contributed by atoms with Gasteiger partial charge in [-0.1, -0.05) is 22.0 Å². The molecule has 3 nitrogen and oxygen atoms in total. The fraction of sp³-hybridized carbons (Fsp3) is 0.364. The monoisotopic (exact) mass is 270 g/mol. The van der Waals surface area contributed by atoms with E-state index in [0.717, 1.165) is 15.6 Å². The van der Waals surface area contributed by atoms with Crippen molar-refractivity contribution in [1.29, 1.82) is 0 Å². The Hall–Kier alpha value is -0.870. The fourth-order valence-electron chi connectivity index (χ4n) is 1.33. The minimum atomic E-state index is 0.0132. The van der Waals surface area contributed by atoms with E-state index in [-0.39, 0.29) is 5.91 Å². The summed E-state index contributed by atoms with van der Waals surface area (Å²) in [5, 5.41) is 0. The average molecular weight is 271 g/mol. The Morgan fingerprint density at radius 1 is 1.53 bits per heavy atom. The van der Waals surface area contributed by atoms with Crippen molar-refractivity contribution in [2.45, 2.75) is 6.92 Å². The highest BCUT2D eigenvalue weighted by atomic mass is 79.9. The number of hydrogen-bond donors (Lipinski definition) is 1. The number of carbonyl (C=O) groups excluding carboxylic acids is 1. The van der Waals surface area contributed by atoms with Gasteiger partial charge in [0.05, 0.1) is 0 Å². The Kier molecular flexibility index (Phi) is 4.29. The molecule has 4 heteroatoms. The molecule has 1 aromatic rings. The first-order valence-corrected chi connectivity index (χ1v) is 5.57. The van der Waals surface area contributed by atoms with Gasteiger partial charge in [0.1, 0.15) is 0 Å². The molecule has 0 saturated heterocycles. The number of hydrogen-bond acceptors (Lipinski definition) is 2. The summed E-state index contributed by atoms with van der Waals surface area (Å²) in [5.74, 6) is 0.0132. The molecule has 15 heavy (non-hydrogen) atoms. The van der Waals surface area contributed by atoms with Crippen LogP contribution in [-0.4, -0.2) is 30.9 Å². The zero-order valence-corrected chi connectivity index (χ0v) is 10.5. The van der Waals surface area contributed by atoms with Crippen molar-refractivity contribution in [3.8, 4) is 0 Å². The molecular weight excluding hydrogens is 256 g/mol. The Labute approximate surface area is 98.4 Å². The van der Waals surface area contributed by atoms with Crippen LogP contribution in [0.1, 0.15) is 15.9 Å². The quantitative estimate of drug-likeness (QED) is 0.911. The van der Waals surface area contributed by atoms with Gasteiger partial charge in [-0.15, -0.1) is 0 Å². The summed E-state index contributed by atoms with van der Waals surface area (Å²) < 4.78 is 0.914. The maximum absolute atomic E-state index is 12.0. The van der Waals surface area contributed by atoms with Crippen LogP contribution in [0, 0.1) is 6.92 Å². The van der Waals surface area contributed by atoms with E-state index in [1.54, 1.807) is 11.9 Å². The normalized spacial score (nSPS) is 10.1. The Balaban J connectivity index is 2.95. The Morgan fingerprint density at radius 2 is 2.20 bits per heavy atom. The molecule has 0 aromatic heterocycles. The lowest BCUT2D eigenvalue weighted by atomic mass is 10.1. The van der Waals surface area contributed by atoms with Crippen molar-refractivity contribution in [2.24, 2.45) is 5.73 Å². The maximum Gasteiger partial charge on any atom is 0.253 e. The number of nitrogens with zero attached hydrogens (tertiary/aromatic N) is 1. The molecule has 0 heterocycles. The second-order valence-electron chi connectivity index (χ2n) is 3.47. The van der Waals surface area contributed by atoms with Crippen molar-refractivity contribution in [1.82, 2.24) is 4.90 Å². The summed E-state index contributed by atoms with van der Waals surface area (Å²) in [7, 11) is 1.76. The molecule has 0 spiro atoms. The van der Waals surface area contributed by atoms with Crippen LogP contribution in [0.25, 0.3) is 0 Å². The van der Waals surface area contributed by atoms with Crippen molar-refractivity contribution in [2.75, 3.05) is 20.1 Å². The van der Waals surface area contributed by atoms with E-state index < -0.39 is 0 Å².